The monoisotopic (exact) mass is 591 g/mol. The Hall–Kier alpha value is -3.10. The third-order valence-electron chi connectivity index (χ3n) is 8.09. The van der Waals surface area contributed by atoms with Gasteiger partial charge in [-0.1, -0.05) is 125 Å². The summed E-state index contributed by atoms with van der Waals surface area (Å²) in [5, 5.41) is 4.98. The summed E-state index contributed by atoms with van der Waals surface area (Å²) in [4.78, 5) is 2.47. The van der Waals surface area contributed by atoms with Crippen molar-refractivity contribution in [2.45, 2.75) is 78.1 Å². The third kappa shape index (κ3) is 6.44. The number of benzene rings is 5. The summed E-state index contributed by atoms with van der Waals surface area (Å²) in [6, 6.07) is 36.2. The van der Waals surface area contributed by atoms with Crippen molar-refractivity contribution in [2.24, 2.45) is 0 Å². The number of fused-ring (bicyclic) bond motifs is 2. The minimum atomic E-state index is 1.15. The van der Waals surface area contributed by atoms with Crippen molar-refractivity contribution in [1.82, 2.24) is 0 Å². The van der Waals surface area contributed by atoms with E-state index < -0.39 is 0 Å². The average molecular weight is 593 g/mol. The molecule has 0 aliphatic carbocycles. The molecule has 0 N–H and O–H groups in total. The Balaban J connectivity index is 1.60. The van der Waals surface area contributed by atoms with Crippen LogP contribution in [0.25, 0.3) is 21.5 Å². The molecule has 0 spiro atoms. The van der Waals surface area contributed by atoms with Gasteiger partial charge in [0.25, 0.3) is 0 Å². The van der Waals surface area contributed by atoms with Gasteiger partial charge < -0.3 is 4.90 Å². The smallest absolute Gasteiger partial charge is 0.0619 e. The maximum Gasteiger partial charge on any atom is 0.0619 e. The normalized spacial score (nSPS) is 11.4. The molecule has 0 saturated carbocycles. The molecule has 0 heterocycles. The fourth-order valence-corrected chi connectivity index (χ4v) is 6.53. The van der Waals surface area contributed by atoms with E-state index in [1.165, 1.54) is 101 Å². The van der Waals surface area contributed by atoms with Gasteiger partial charge in [0.05, 0.1) is 5.69 Å². The number of hydrogen-bond acceptors (Lipinski definition) is 1. The van der Waals surface area contributed by atoms with Gasteiger partial charge >= 0.3 is 0 Å². The number of rotatable bonds is 13. The molecule has 5 aromatic carbocycles. The largest absolute Gasteiger partial charge is 0.309 e. The Labute approximate surface area is 249 Å². The number of unbranched alkanes of at least 4 members (excludes halogenated alkanes) is 6. The second-order valence-electron chi connectivity index (χ2n) is 11.0. The summed E-state index contributed by atoms with van der Waals surface area (Å²) < 4.78 is 1.16. The van der Waals surface area contributed by atoms with E-state index in [0.29, 0.717) is 0 Å². The lowest BCUT2D eigenvalue weighted by molar-refractivity contribution is 0.667. The van der Waals surface area contributed by atoms with Gasteiger partial charge in [-0.25, -0.2) is 0 Å². The molecule has 0 atom stereocenters. The molecule has 0 fully saturated rings. The van der Waals surface area contributed by atoms with Gasteiger partial charge in [0.15, 0.2) is 0 Å². The summed E-state index contributed by atoms with van der Waals surface area (Å²) in [5.74, 6) is 0. The molecule has 0 radical (unpaired) electrons. The lowest BCUT2D eigenvalue weighted by atomic mass is 9.98. The highest BCUT2D eigenvalue weighted by atomic mass is 79.9. The number of nitrogens with zero attached hydrogens (tertiary/aromatic N) is 1. The van der Waals surface area contributed by atoms with E-state index in [2.05, 4.69) is 132 Å². The molecular formula is C38H42BrN. The molecular weight excluding hydrogens is 550 g/mol. The van der Waals surface area contributed by atoms with E-state index in [0.717, 1.165) is 17.3 Å². The molecule has 0 aliphatic heterocycles. The molecule has 2 heteroatoms. The van der Waals surface area contributed by atoms with Crippen LogP contribution >= 0.6 is 15.9 Å². The van der Waals surface area contributed by atoms with E-state index in [9.17, 15) is 0 Å². The highest BCUT2D eigenvalue weighted by Gasteiger charge is 2.20. The van der Waals surface area contributed by atoms with E-state index in [4.69, 9.17) is 0 Å². The lowest BCUT2D eigenvalue weighted by Gasteiger charge is -2.29. The second kappa shape index (κ2) is 14.0. The van der Waals surface area contributed by atoms with Crippen molar-refractivity contribution in [2.75, 3.05) is 4.90 Å². The summed E-state index contributed by atoms with van der Waals surface area (Å²) in [7, 11) is 0. The number of anilines is 3. The van der Waals surface area contributed by atoms with Crippen LogP contribution in [0.2, 0.25) is 0 Å². The average Bonchev–Trinajstić information content (AvgIpc) is 3.01. The lowest BCUT2D eigenvalue weighted by Crippen LogP contribution is -2.11. The van der Waals surface area contributed by atoms with Crippen molar-refractivity contribution >= 4 is 54.5 Å². The zero-order chi connectivity index (χ0) is 27.7. The van der Waals surface area contributed by atoms with Crippen LogP contribution in [0.1, 0.15) is 76.3 Å². The fourth-order valence-electron chi connectivity index (χ4n) is 5.84. The van der Waals surface area contributed by atoms with Crippen molar-refractivity contribution < 1.29 is 0 Å². The first-order valence-electron chi connectivity index (χ1n) is 15.3. The molecule has 0 saturated heterocycles. The zero-order valence-corrected chi connectivity index (χ0v) is 25.7. The van der Waals surface area contributed by atoms with Crippen molar-refractivity contribution in [1.29, 1.82) is 0 Å². The van der Waals surface area contributed by atoms with Crippen molar-refractivity contribution in [3.8, 4) is 0 Å². The van der Waals surface area contributed by atoms with Gasteiger partial charge in [-0.3, -0.25) is 0 Å². The van der Waals surface area contributed by atoms with Crippen molar-refractivity contribution in [3.05, 3.63) is 113 Å². The number of halogens is 1. The second-order valence-corrected chi connectivity index (χ2v) is 11.8. The molecule has 1 nitrogen and oxygen atoms in total. The standard InChI is InChI=1S/C38H42BrN/c1-3-5-7-9-15-29-21-25-31(26-22-29)40(32-27-23-30(24-28-32)16-10-8-6-4-2)38-35-19-13-11-17-33(35)37(39)34-18-12-14-20-36(34)38/h11-14,17-28H,3-10,15-16H2,1-2H3. The zero-order valence-electron chi connectivity index (χ0n) is 24.1. The van der Waals surface area contributed by atoms with Crippen LogP contribution in [0, 0.1) is 0 Å². The minimum Gasteiger partial charge on any atom is -0.309 e. The SMILES string of the molecule is CCCCCCc1ccc(N(c2ccc(CCCCCC)cc2)c2c3ccccc3c(Br)c3ccccc23)cc1. The van der Waals surface area contributed by atoms with E-state index in [1.807, 2.05) is 0 Å². The maximum atomic E-state index is 3.95. The Kier molecular flexibility index (Phi) is 9.95. The van der Waals surface area contributed by atoms with Crippen LogP contribution in [0.4, 0.5) is 17.1 Å². The Morgan fingerprint density at radius 3 is 1.27 bits per heavy atom. The quantitative estimate of drug-likeness (QED) is 0.0971. The highest BCUT2D eigenvalue weighted by Crippen LogP contribution is 2.46. The van der Waals surface area contributed by atoms with Gasteiger partial charge in [-0.15, -0.1) is 0 Å². The number of aryl methyl sites for hydroxylation is 2. The Morgan fingerprint density at radius 1 is 0.475 bits per heavy atom. The van der Waals surface area contributed by atoms with Gasteiger partial charge in [0.1, 0.15) is 0 Å². The fraction of sp³-hybridized carbons (Fsp3) is 0.316. The predicted molar refractivity (Wildman–Crippen MR) is 180 cm³/mol. The van der Waals surface area contributed by atoms with Gasteiger partial charge in [0.2, 0.25) is 0 Å². The predicted octanol–water partition coefficient (Wildman–Crippen LogP) is 12.5. The number of hydrogen-bond donors (Lipinski definition) is 0. The van der Waals surface area contributed by atoms with Crippen molar-refractivity contribution in [3.63, 3.8) is 0 Å². The Morgan fingerprint density at radius 2 is 0.875 bits per heavy atom. The molecule has 0 bridgehead atoms. The van der Waals surface area contributed by atoms with E-state index in [-0.39, 0.29) is 0 Å². The van der Waals surface area contributed by atoms with Crippen LogP contribution in [0.3, 0.4) is 0 Å². The molecule has 0 aromatic heterocycles. The molecule has 206 valence electrons. The topological polar surface area (TPSA) is 3.24 Å². The summed E-state index contributed by atoms with van der Waals surface area (Å²) in [6.07, 6.45) is 12.7. The summed E-state index contributed by atoms with van der Waals surface area (Å²) in [5.41, 5.74) is 6.48. The van der Waals surface area contributed by atoms with Gasteiger partial charge in [0, 0.05) is 26.6 Å². The van der Waals surface area contributed by atoms with Crippen LogP contribution in [0.5, 0.6) is 0 Å². The first-order valence-corrected chi connectivity index (χ1v) is 16.1. The van der Waals surface area contributed by atoms with Crippen LogP contribution in [-0.2, 0) is 12.8 Å². The van der Waals surface area contributed by atoms with E-state index >= 15 is 0 Å². The Bertz CT molecular complexity index is 1410. The summed E-state index contributed by atoms with van der Waals surface area (Å²) in [6.45, 7) is 4.55. The first-order chi connectivity index (χ1) is 19.7. The molecule has 0 aliphatic rings. The molecule has 0 amide bonds. The molecule has 40 heavy (non-hydrogen) atoms. The van der Waals surface area contributed by atoms with Crippen LogP contribution in [-0.4, -0.2) is 0 Å². The van der Waals surface area contributed by atoms with Gasteiger partial charge in [-0.2, -0.15) is 0 Å². The highest BCUT2D eigenvalue weighted by molar-refractivity contribution is 9.10. The first kappa shape index (κ1) is 28.4. The molecule has 0 unspecified atom stereocenters. The van der Waals surface area contributed by atoms with Gasteiger partial charge in [-0.05, 0) is 87.8 Å². The molecule has 5 rings (SSSR count). The minimum absolute atomic E-state index is 1.15. The third-order valence-corrected chi connectivity index (χ3v) is 8.94. The van der Waals surface area contributed by atoms with Crippen LogP contribution in [0.15, 0.2) is 102 Å². The maximum absolute atomic E-state index is 3.95. The molecule has 5 aromatic rings. The van der Waals surface area contributed by atoms with E-state index in [1.54, 1.807) is 0 Å². The summed E-state index contributed by atoms with van der Waals surface area (Å²) >= 11 is 3.95. The van der Waals surface area contributed by atoms with Crippen LogP contribution < -0.4 is 4.90 Å².